The van der Waals surface area contributed by atoms with Crippen LogP contribution in [0.5, 0.6) is 11.5 Å². The van der Waals surface area contributed by atoms with Crippen LogP contribution in [0.2, 0.25) is 0 Å². The van der Waals surface area contributed by atoms with Crippen molar-refractivity contribution in [1.29, 1.82) is 0 Å². The third-order valence-corrected chi connectivity index (χ3v) is 3.97. The predicted molar refractivity (Wildman–Crippen MR) is 97.0 cm³/mol. The fraction of sp³-hybridized carbons (Fsp3) is 0.400. The zero-order valence-corrected chi connectivity index (χ0v) is 14.2. The van der Waals surface area contributed by atoms with E-state index in [1.807, 2.05) is 24.3 Å². The normalized spacial score (nSPS) is 12.1. The number of ether oxygens (including phenoxy) is 1. The molecule has 23 heavy (non-hydrogen) atoms. The molecule has 0 fully saturated rings. The van der Waals surface area contributed by atoms with Crippen LogP contribution in [-0.4, -0.2) is 13.1 Å². The number of unbranched alkanes of at least 4 members (excludes halogenated alkanes) is 1. The van der Waals surface area contributed by atoms with Crippen molar-refractivity contribution in [2.24, 2.45) is 5.73 Å². The maximum absolute atomic E-state index is 5.88. The highest BCUT2D eigenvalue weighted by atomic mass is 16.5. The fourth-order valence-corrected chi connectivity index (χ4v) is 2.55. The van der Waals surface area contributed by atoms with Gasteiger partial charge < -0.3 is 15.8 Å². The van der Waals surface area contributed by atoms with Crippen molar-refractivity contribution in [2.75, 3.05) is 13.1 Å². The van der Waals surface area contributed by atoms with Gasteiger partial charge in [-0.3, -0.25) is 0 Å². The van der Waals surface area contributed by atoms with Gasteiger partial charge in [-0.15, -0.1) is 0 Å². The van der Waals surface area contributed by atoms with Crippen molar-refractivity contribution in [3.63, 3.8) is 0 Å². The molecule has 3 nitrogen and oxygen atoms in total. The topological polar surface area (TPSA) is 47.3 Å². The van der Waals surface area contributed by atoms with Crippen LogP contribution < -0.4 is 15.8 Å². The Morgan fingerprint density at radius 2 is 1.57 bits per heavy atom. The van der Waals surface area contributed by atoms with Crippen LogP contribution in [0.15, 0.2) is 48.5 Å². The summed E-state index contributed by atoms with van der Waals surface area (Å²) in [5.41, 5.74) is 8.07. The predicted octanol–water partition coefficient (Wildman–Crippen LogP) is 4.57. The molecule has 0 heterocycles. The average Bonchev–Trinajstić information content (AvgIpc) is 2.58. The number of nitrogens with two attached hydrogens (primary N) is 1. The van der Waals surface area contributed by atoms with Crippen molar-refractivity contribution in [3.8, 4) is 11.5 Å². The van der Waals surface area contributed by atoms with Gasteiger partial charge in [-0.05, 0) is 69.1 Å². The first-order valence-electron chi connectivity index (χ1n) is 8.51. The van der Waals surface area contributed by atoms with Crippen molar-refractivity contribution in [3.05, 3.63) is 59.7 Å². The van der Waals surface area contributed by atoms with Gasteiger partial charge in [0.25, 0.3) is 0 Å². The summed E-state index contributed by atoms with van der Waals surface area (Å²) in [6.07, 6.45) is 3.27. The molecular formula is C20H28N2O. The van der Waals surface area contributed by atoms with E-state index >= 15 is 0 Å². The lowest BCUT2D eigenvalue weighted by Crippen LogP contribution is -2.22. The van der Waals surface area contributed by atoms with E-state index in [0.717, 1.165) is 43.9 Å². The SMILES string of the molecule is CCC(NCCCCN)c1ccc(Oc2ccc(C)cc2)cc1. The number of nitrogens with one attached hydrogen (secondary N) is 1. The first-order chi connectivity index (χ1) is 11.2. The number of aryl methyl sites for hydroxylation is 1. The molecule has 0 amide bonds. The quantitative estimate of drug-likeness (QED) is 0.667. The summed E-state index contributed by atoms with van der Waals surface area (Å²) in [5, 5.41) is 3.60. The minimum absolute atomic E-state index is 0.390. The summed E-state index contributed by atoms with van der Waals surface area (Å²) < 4.78 is 5.88. The molecule has 0 saturated heterocycles. The van der Waals surface area contributed by atoms with E-state index in [4.69, 9.17) is 10.5 Å². The van der Waals surface area contributed by atoms with Crippen molar-refractivity contribution in [2.45, 2.75) is 39.2 Å². The summed E-state index contributed by atoms with van der Waals surface area (Å²) in [6.45, 7) is 6.06. The molecule has 2 aromatic carbocycles. The summed E-state index contributed by atoms with van der Waals surface area (Å²) >= 11 is 0. The van der Waals surface area contributed by atoms with E-state index < -0.39 is 0 Å². The van der Waals surface area contributed by atoms with Gasteiger partial charge in [-0.25, -0.2) is 0 Å². The van der Waals surface area contributed by atoms with Gasteiger partial charge in [0, 0.05) is 6.04 Å². The van der Waals surface area contributed by atoms with Gasteiger partial charge in [0.1, 0.15) is 11.5 Å². The van der Waals surface area contributed by atoms with Crippen LogP contribution in [-0.2, 0) is 0 Å². The zero-order chi connectivity index (χ0) is 16.5. The lowest BCUT2D eigenvalue weighted by Gasteiger charge is -2.18. The van der Waals surface area contributed by atoms with Gasteiger partial charge in [0.2, 0.25) is 0 Å². The molecule has 2 rings (SSSR count). The number of rotatable bonds is 9. The van der Waals surface area contributed by atoms with Gasteiger partial charge in [0.05, 0.1) is 0 Å². The molecule has 124 valence electrons. The van der Waals surface area contributed by atoms with Crippen molar-refractivity contribution in [1.82, 2.24) is 5.32 Å². The zero-order valence-electron chi connectivity index (χ0n) is 14.2. The fourth-order valence-electron chi connectivity index (χ4n) is 2.55. The molecule has 1 atom stereocenters. The Hall–Kier alpha value is -1.84. The third kappa shape index (κ3) is 5.70. The third-order valence-electron chi connectivity index (χ3n) is 3.97. The lowest BCUT2D eigenvalue weighted by molar-refractivity contribution is 0.479. The Labute approximate surface area is 139 Å². The summed E-state index contributed by atoms with van der Waals surface area (Å²) in [6, 6.07) is 16.9. The summed E-state index contributed by atoms with van der Waals surface area (Å²) in [5.74, 6) is 1.74. The highest BCUT2D eigenvalue weighted by Gasteiger charge is 2.08. The van der Waals surface area contributed by atoms with E-state index in [1.54, 1.807) is 0 Å². The maximum Gasteiger partial charge on any atom is 0.127 e. The summed E-state index contributed by atoms with van der Waals surface area (Å²) in [7, 11) is 0. The molecule has 2 aromatic rings. The average molecular weight is 312 g/mol. The summed E-state index contributed by atoms with van der Waals surface area (Å²) in [4.78, 5) is 0. The largest absolute Gasteiger partial charge is 0.457 e. The number of benzene rings is 2. The monoisotopic (exact) mass is 312 g/mol. The molecule has 3 heteroatoms. The molecule has 0 aliphatic carbocycles. The van der Waals surface area contributed by atoms with Gasteiger partial charge in [-0.2, -0.15) is 0 Å². The van der Waals surface area contributed by atoms with E-state index in [1.165, 1.54) is 11.1 Å². The van der Waals surface area contributed by atoms with Crippen LogP contribution in [0.25, 0.3) is 0 Å². The smallest absolute Gasteiger partial charge is 0.127 e. The minimum atomic E-state index is 0.390. The molecule has 1 unspecified atom stereocenters. The number of hydrogen-bond donors (Lipinski definition) is 2. The van der Waals surface area contributed by atoms with Crippen molar-refractivity contribution >= 4 is 0 Å². The van der Waals surface area contributed by atoms with E-state index in [9.17, 15) is 0 Å². The van der Waals surface area contributed by atoms with Crippen LogP contribution in [0.4, 0.5) is 0 Å². The Bertz CT molecular complexity index is 563. The Morgan fingerprint density at radius 1 is 0.957 bits per heavy atom. The minimum Gasteiger partial charge on any atom is -0.457 e. The van der Waals surface area contributed by atoms with Gasteiger partial charge in [-0.1, -0.05) is 36.8 Å². The second-order valence-corrected chi connectivity index (χ2v) is 5.89. The second kappa shape index (κ2) is 9.33. The molecule has 0 radical (unpaired) electrons. The molecule has 0 spiro atoms. The molecule has 0 aromatic heterocycles. The lowest BCUT2D eigenvalue weighted by atomic mass is 10.0. The second-order valence-electron chi connectivity index (χ2n) is 5.89. The van der Waals surface area contributed by atoms with Gasteiger partial charge in [0.15, 0.2) is 0 Å². The number of hydrogen-bond acceptors (Lipinski definition) is 3. The van der Waals surface area contributed by atoms with E-state index in [-0.39, 0.29) is 0 Å². The molecule has 3 N–H and O–H groups in total. The van der Waals surface area contributed by atoms with Crippen LogP contribution in [0.1, 0.15) is 43.4 Å². The molecular weight excluding hydrogens is 284 g/mol. The van der Waals surface area contributed by atoms with E-state index in [0.29, 0.717) is 6.04 Å². The first-order valence-corrected chi connectivity index (χ1v) is 8.51. The molecule has 0 aliphatic rings. The highest BCUT2D eigenvalue weighted by Crippen LogP contribution is 2.24. The molecule has 0 saturated carbocycles. The standard InChI is InChI=1S/C20H28N2O/c1-3-20(22-15-5-4-14-21)17-8-12-19(13-9-17)23-18-10-6-16(2)7-11-18/h6-13,20,22H,3-5,14-15,21H2,1-2H3. The first kappa shape index (κ1) is 17.5. The Balaban J connectivity index is 1.93. The van der Waals surface area contributed by atoms with Crippen LogP contribution >= 0.6 is 0 Å². The maximum atomic E-state index is 5.88. The van der Waals surface area contributed by atoms with Crippen LogP contribution in [0, 0.1) is 6.92 Å². The van der Waals surface area contributed by atoms with E-state index in [2.05, 4.69) is 43.4 Å². The molecule has 0 bridgehead atoms. The highest BCUT2D eigenvalue weighted by molar-refractivity contribution is 5.35. The Morgan fingerprint density at radius 3 is 2.13 bits per heavy atom. The van der Waals surface area contributed by atoms with Gasteiger partial charge >= 0.3 is 0 Å². The molecule has 0 aliphatic heterocycles. The Kier molecular flexibility index (Phi) is 7.11. The van der Waals surface area contributed by atoms with Crippen LogP contribution in [0.3, 0.4) is 0 Å². The van der Waals surface area contributed by atoms with Crippen molar-refractivity contribution < 1.29 is 4.74 Å².